The van der Waals surface area contributed by atoms with Crippen LogP contribution in [-0.4, -0.2) is 4.98 Å². The number of hydrogen-bond acceptors (Lipinski definition) is 3. The Kier molecular flexibility index (Phi) is 3.53. The molecule has 0 aliphatic heterocycles. The van der Waals surface area contributed by atoms with E-state index in [1.807, 2.05) is 6.92 Å². The van der Waals surface area contributed by atoms with Crippen molar-refractivity contribution in [2.45, 2.75) is 13.0 Å². The summed E-state index contributed by atoms with van der Waals surface area (Å²) in [7, 11) is 0. The Hall–Kier alpha value is -2.01. The maximum absolute atomic E-state index is 13.0. The summed E-state index contributed by atoms with van der Waals surface area (Å²) >= 11 is 0. The standard InChI is InChI=1S/C13H12F2N2O/c1-8(16)9-4-5-17-13(6-9)18-10-2-3-11(14)12(15)7-10/h2-8H,16H2,1H3/t8-/m1/s1. The van der Waals surface area contributed by atoms with Gasteiger partial charge >= 0.3 is 0 Å². The van der Waals surface area contributed by atoms with Crippen LogP contribution < -0.4 is 10.5 Å². The smallest absolute Gasteiger partial charge is 0.219 e. The molecule has 5 heteroatoms. The Morgan fingerprint density at radius 3 is 2.61 bits per heavy atom. The number of nitrogens with zero attached hydrogens (tertiary/aromatic N) is 1. The topological polar surface area (TPSA) is 48.1 Å². The molecule has 1 atom stereocenters. The first-order chi connectivity index (χ1) is 8.56. The largest absolute Gasteiger partial charge is 0.439 e. The minimum Gasteiger partial charge on any atom is -0.439 e. The van der Waals surface area contributed by atoms with Crippen molar-refractivity contribution in [1.29, 1.82) is 0 Å². The fraction of sp³-hybridized carbons (Fsp3) is 0.154. The van der Waals surface area contributed by atoms with Gasteiger partial charge in [-0.25, -0.2) is 13.8 Å². The lowest BCUT2D eigenvalue weighted by Crippen LogP contribution is -2.05. The van der Waals surface area contributed by atoms with Gasteiger partial charge in [0.15, 0.2) is 11.6 Å². The van der Waals surface area contributed by atoms with Gasteiger partial charge in [0.2, 0.25) is 5.88 Å². The van der Waals surface area contributed by atoms with E-state index >= 15 is 0 Å². The van der Waals surface area contributed by atoms with Crippen LogP contribution in [-0.2, 0) is 0 Å². The average Bonchev–Trinajstić information content (AvgIpc) is 2.34. The molecule has 0 aliphatic rings. The molecular weight excluding hydrogens is 238 g/mol. The number of halogens is 2. The molecule has 0 unspecified atom stereocenters. The lowest BCUT2D eigenvalue weighted by atomic mass is 10.1. The fourth-order valence-corrected chi connectivity index (χ4v) is 1.42. The second kappa shape index (κ2) is 5.10. The number of nitrogens with two attached hydrogens (primary N) is 1. The molecule has 1 aromatic carbocycles. The number of ether oxygens (including phenoxy) is 1. The van der Waals surface area contributed by atoms with E-state index in [4.69, 9.17) is 10.5 Å². The molecule has 0 saturated carbocycles. The Morgan fingerprint density at radius 1 is 1.17 bits per heavy atom. The van der Waals surface area contributed by atoms with Crippen LogP contribution in [0.3, 0.4) is 0 Å². The monoisotopic (exact) mass is 250 g/mol. The first-order valence-corrected chi connectivity index (χ1v) is 5.40. The summed E-state index contributed by atoms with van der Waals surface area (Å²) in [5, 5.41) is 0. The molecule has 2 aromatic rings. The Bertz CT molecular complexity index is 558. The van der Waals surface area contributed by atoms with Crippen LogP contribution in [0.4, 0.5) is 8.78 Å². The zero-order chi connectivity index (χ0) is 13.1. The van der Waals surface area contributed by atoms with Gasteiger partial charge in [-0.05, 0) is 30.7 Å². The molecule has 0 saturated heterocycles. The number of aromatic nitrogens is 1. The molecule has 1 heterocycles. The van der Waals surface area contributed by atoms with Gasteiger partial charge in [0.1, 0.15) is 5.75 Å². The molecule has 0 radical (unpaired) electrons. The third-order valence-corrected chi connectivity index (χ3v) is 2.40. The fourth-order valence-electron chi connectivity index (χ4n) is 1.42. The van der Waals surface area contributed by atoms with Crippen LogP contribution in [0.5, 0.6) is 11.6 Å². The van der Waals surface area contributed by atoms with E-state index in [-0.39, 0.29) is 17.7 Å². The van der Waals surface area contributed by atoms with E-state index in [2.05, 4.69) is 4.98 Å². The third-order valence-electron chi connectivity index (χ3n) is 2.40. The molecule has 0 aliphatic carbocycles. The normalized spacial score (nSPS) is 12.2. The van der Waals surface area contributed by atoms with E-state index in [0.717, 1.165) is 17.7 Å². The SMILES string of the molecule is C[C@@H](N)c1ccnc(Oc2ccc(F)c(F)c2)c1. The zero-order valence-electron chi connectivity index (χ0n) is 9.73. The van der Waals surface area contributed by atoms with Gasteiger partial charge in [-0.1, -0.05) is 0 Å². The number of benzene rings is 1. The highest BCUT2D eigenvalue weighted by Crippen LogP contribution is 2.23. The molecule has 0 bridgehead atoms. The number of hydrogen-bond donors (Lipinski definition) is 1. The predicted octanol–water partition coefficient (Wildman–Crippen LogP) is 3.17. The molecule has 0 amide bonds. The molecule has 2 rings (SSSR count). The Labute approximate surface area is 103 Å². The van der Waals surface area contributed by atoms with E-state index in [1.54, 1.807) is 18.3 Å². The Balaban J connectivity index is 2.23. The van der Waals surface area contributed by atoms with Crippen molar-refractivity contribution in [3.63, 3.8) is 0 Å². The summed E-state index contributed by atoms with van der Waals surface area (Å²) in [5.74, 6) is -1.41. The van der Waals surface area contributed by atoms with Crippen LogP contribution in [0, 0.1) is 11.6 Å². The van der Waals surface area contributed by atoms with Crippen LogP contribution in [0.1, 0.15) is 18.5 Å². The molecule has 94 valence electrons. The highest BCUT2D eigenvalue weighted by atomic mass is 19.2. The summed E-state index contributed by atoms with van der Waals surface area (Å²) in [6.07, 6.45) is 1.55. The second-order valence-corrected chi connectivity index (χ2v) is 3.89. The molecule has 2 N–H and O–H groups in total. The summed E-state index contributed by atoms with van der Waals surface area (Å²) < 4.78 is 31.1. The average molecular weight is 250 g/mol. The lowest BCUT2D eigenvalue weighted by molar-refractivity contribution is 0.446. The molecule has 1 aromatic heterocycles. The van der Waals surface area contributed by atoms with Crippen molar-refractivity contribution in [3.05, 3.63) is 53.7 Å². The van der Waals surface area contributed by atoms with E-state index in [0.29, 0.717) is 0 Å². The summed E-state index contributed by atoms with van der Waals surface area (Å²) in [6.45, 7) is 1.83. The van der Waals surface area contributed by atoms with Gasteiger partial charge in [-0.15, -0.1) is 0 Å². The maximum atomic E-state index is 13.0. The first kappa shape index (κ1) is 12.4. The molecule has 3 nitrogen and oxygen atoms in total. The van der Waals surface area contributed by atoms with Gasteiger partial charge < -0.3 is 10.5 Å². The predicted molar refractivity (Wildman–Crippen MR) is 63.3 cm³/mol. The lowest BCUT2D eigenvalue weighted by Gasteiger charge is -2.08. The van der Waals surface area contributed by atoms with Gasteiger partial charge in [-0.2, -0.15) is 0 Å². The maximum Gasteiger partial charge on any atom is 0.219 e. The Morgan fingerprint density at radius 2 is 1.94 bits per heavy atom. The minimum absolute atomic E-state index is 0.152. The van der Waals surface area contributed by atoms with Crippen molar-refractivity contribution < 1.29 is 13.5 Å². The van der Waals surface area contributed by atoms with Gasteiger partial charge in [-0.3, -0.25) is 0 Å². The van der Waals surface area contributed by atoms with Gasteiger partial charge in [0.25, 0.3) is 0 Å². The molecule has 0 spiro atoms. The van der Waals surface area contributed by atoms with Crippen molar-refractivity contribution in [1.82, 2.24) is 4.98 Å². The van der Waals surface area contributed by atoms with Crippen molar-refractivity contribution in [2.75, 3.05) is 0 Å². The van der Waals surface area contributed by atoms with Crippen LogP contribution >= 0.6 is 0 Å². The van der Waals surface area contributed by atoms with Crippen LogP contribution in [0.2, 0.25) is 0 Å². The summed E-state index contributed by atoms with van der Waals surface area (Å²) in [5.41, 5.74) is 6.58. The van der Waals surface area contributed by atoms with Crippen LogP contribution in [0.15, 0.2) is 36.5 Å². The van der Waals surface area contributed by atoms with Crippen LogP contribution in [0.25, 0.3) is 0 Å². The highest BCUT2D eigenvalue weighted by Gasteiger charge is 2.06. The van der Waals surface area contributed by atoms with Gasteiger partial charge in [0.05, 0.1) is 0 Å². The quantitative estimate of drug-likeness (QED) is 0.910. The second-order valence-electron chi connectivity index (χ2n) is 3.89. The number of rotatable bonds is 3. The van der Waals surface area contributed by atoms with Crippen molar-refractivity contribution in [2.24, 2.45) is 5.73 Å². The van der Waals surface area contributed by atoms with E-state index < -0.39 is 11.6 Å². The van der Waals surface area contributed by atoms with Crippen molar-refractivity contribution >= 4 is 0 Å². The van der Waals surface area contributed by atoms with E-state index in [9.17, 15) is 8.78 Å². The van der Waals surface area contributed by atoms with Crippen molar-refractivity contribution in [3.8, 4) is 11.6 Å². The zero-order valence-corrected chi connectivity index (χ0v) is 9.73. The molecule has 0 fully saturated rings. The van der Waals surface area contributed by atoms with E-state index in [1.165, 1.54) is 6.07 Å². The summed E-state index contributed by atoms with van der Waals surface area (Å²) in [6, 6.07) is 6.57. The first-order valence-electron chi connectivity index (χ1n) is 5.40. The highest BCUT2D eigenvalue weighted by molar-refractivity contribution is 5.30. The third kappa shape index (κ3) is 2.81. The number of pyridine rings is 1. The molecule has 18 heavy (non-hydrogen) atoms. The summed E-state index contributed by atoms with van der Waals surface area (Å²) in [4.78, 5) is 3.98. The molecular formula is C13H12F2N2O. The van der Waals surface area contributed by atoms with Gasteiger partial charge in [0, 0.05) is 24.4 Å². The minimum atomic E-state index is -0.962.